The molecule has 1 aliphatic carbocycles. The smallest absolute Gasteiger partial charge is 0.280 e. The molecule has 1 aliphatic rings. The van der Waals surface area contributed by atoms with Crippen LogP contribution in [0.5, 0.6) is 0 Å². The average Bonchev–Trinajstić information content (AvgIpc) is 2.41. The zero-order chi connectivity index (χ0) is 13.9. The first-order valence-corrected chi connectivity index (χ1v) is 7.53. The van der Waals surface area contributed by atoms with E-state index in [0.717, 1.165) is 31.6 Å². The molecule has 3 N–H and O–H groups in total. The maximum atomic E-state index is 11.4. The van der Waals surface area contributed by atoms with Gasteiger partial charge < -0.3 is 10.4 Å². The van der Waals surface area contributed by atoms with Gasteiger partial charge >= 0.3 is 0 Å². The Kier molecular flexibility index (Phi) is 4.62. The van der Waals surface area contributed by atoms with Crippen LogP contribution in [0.25, 0.3) is 0 Å². The van der Waals surface area contributed by atoms with Gasteiger partial charge in [-0.15, -0.1) is 0 Å². The molecule has 1 heterocycles. The molecule has 0 saturated heterocycles. The number of aliphatic hydroxyl groups is 1. The van der Waals surface area contributed by atoms with E-state index in [4.69, 9.17) is 0 Å². The molecular formula is C13H20BrN3O2. The summed E-state index contributed by atoms with van der Waals surface area (Å²) in [5, 5.41) is 19.7. The summed E-state index contributed by atoms with van der Waals surface area (Å²) in [6, 6.07) is 0. The van der Waals surface area contributed by atoms with Gasteiger partial charge in [0.25, 0.3) is 5.56 Å². The van der Waals surface area contributed by atoms with E-state index in [1.54, 1.807) is 6.20 Å². The Morgan fingerprint density at radius 3 is 2.89 bits per heavy atom. The van der Waals surface area contributed by atoms with Crippen LogP contribution >= 0.6 is 15.9 Å². The van der Waals surface area contributed by atoms with E-state index in [2.05, 4.69) is 38.4 Å². The summed E-state index contributed by atoms with van der Waals surface area (Å²) in [6.07, 6.45) is 6.51. The second-order valence-electron chi connectivity index (χ2n) is 5.36. The first-order valence-electron chi connectivity index (χ1n) is 6.73. The number of H-pyrrole nitrogens is 1. The third-order valence-corrected chi connectivity index (χ3v) is 4.80. The highest BCUT2D eigenvalue weighted by Gasteiger charge is 2.32. The number of nitrogens with one attached hydrogen (secondary N) is 2. The van der Waals surface area contributed by atoms with Gasteiger partial charge in [0, 0.05) is 6.54 Å². The Morgan fingerprint density at radius 2 is 2.26 bits per heavy atom. The van der Waals surface area contributed by atoms with Gasteiger partial charge in [0.1, 0.15) is 4.47 Å². The van der Waals surface area contributed by atoms with Crippen molar-refractivity contribution in [3.63, 3.8) is 0 Å². The van der Waals surface area contributed by atoms with Crippen molar-refractivity contribution in [1.82, 2.24) is 10.2 Å². The van der Waals surface area contributed by atoms with Crippen LogP contribution in [0, 0.1) is 5.92 Å². The molecule has 0 unspecified atom stereocenters. The molecule has 0 bridgehead atoms. The number of aromatic amines is 1. The zero-order valence-corrected chi connectivity index (χ0v) is 12.7. The van der Waals surface area contributed by atoms with Crippen LogP contribution in [-0.2, 0) is 0 Å². The summed E-state index contributed by atoms with van der Waals surface area (Å²) >= 11 is 3.22. The number of hydrogen-bond donors (Lipinski definition) is 3. The lowest BCUT2D eigenvalue weighted by Crippen LogP contribution is -2.40. The second-order valence-corrected chi connectivity index (χ2v) is 6.15. The Morgan fingerprint density at radius 1 is 1.58 bits per heavy atom. The van der Waals surface area contributed by atoms with Crippen LogP contribution in [0.4, 0.5) is 5.69 Å². The highest BCUT2D eigenvalue weighted by molar-refractivity contribution is 9.10. The highest BCUT2D eigenvalue weighted by atomic mass is 79.9. The molecule has 0 atom stereocenters. The highest BCUT2D eigenvalue weighted by Crippen LogP contribution is 2.34. The van der Waals surface area contributed by atoms with E-state index < -0.39 is 5.60 Å². The van der Waals surface area contributed by atoms with E-state index >= 15 is 0 Å². The SMILES string of the molecule is CCC1CCC(O)(CNc2cn[nH]c(=O)c2Br)CC1. The van der Waals surface area contributed by atoms with Crippen molar-refractivity contribution in [2.24, 2.45) is 5.92 Å². The van der Waals surface area contributed by atoms with Gasteiger partial charge in [0.05, 0.1) is 17.5 Å². The summed E-state index contributed by atoms with van der Waals surface area (Å²) in [6.45, 7) is 2.65. The first-order chi connectivity index (χ1) is 9.04. The Balaban J connectivity index is 1.95. The predicted octanol–water partition coefficient (Wildman–Crippen LogP) is 2.28. The molecule has 106 valence electrons. The van der Waals surface area contributed by atoms with Crippen LogP contribution in [0.1, 0.15) is 39.0 Å². The lowest BCUT2D eigenvalue weighted by molar-refractivity contribution is 0.00228. The van der Waals surface area contributed by atoms with Crippen molar-refractivity contribution < 1.29 is 5.11 Å². The monoisotopic (exact) mass is 329 g/mol. The van der Waals surface area contributed by atoms with Crippen LogP contribution in [0.15, 0.2) is 15.5 Å². The number of rotatable bonds is 4. The molecule has 2 rings (SSSR count). The van der Waals surface area contributed by atoms with E-state index in [0.29, 0.717) is 16.7 Å². The molecule has 5 nitrogen and oxygen atoms in total. The van der Waals surface area contributed by atoms with Crippen molar-refractivity contribution >= 4 is 21.6 Å². The maximum Gasteiger partial charge on any atom is 0.280 e. The average molecular weight is 330 g/mol. The largest absolute Gasteiger partial charge is 0.388 e. The standard InChI is InChI=1S/C13H20BrN3O2/c1-2-9-3-5-13(19,6-4-9)8-15-10-7-16-17-12(18)11(10)14/h7,9,19H,2-6,8H2,1H3,(H2,15,17,18). The first kappa shape index (κ1) is 14.5. The number of nitrogens with zero attached hydrogens (tertiary/aromatic N) is 1. The predicted molar refractivity (Wildman–Crippen MR) is 78.2 cm³/mol. The quantitative estimate of drug-likeness (QED) is 0.791. The Hall–Kier alpha value is -0.880. The fraction of sp³-hybridized carbons (Fsp3) is 0.692. The minimum atomic E-state index is -0.673. The number of halogens is 1. The van der Waals surface area contributed by atoms with E-state index in [9.17, 15) is 9.90 Å². The van der Waals surface area contributed by atoms with Crippen molar-refractivity contribution in [3.05, 3.63) is 21.0 Å². The molecule has 1 aromatic heterocycles. The van der Waals surface area contributed by atoms with Crippen molar-refractivity contribution in [2.75, 3.05) is 11.9 Å². The van der Waals surface area contributed by atoms with Crippen LogP contribution in [0.2, 0.25) is 0 Å². The molecule has 1 fully saturated rings. The normalized spacial score (nSPS) is 27.2. The number of anilines is 1. The topological polar surface area (TPSA) is 78.0 Å². The van der Waals surface area contributed by atoms with Crippen LogP contribution in [-0.4, -0.2) is 27.4 Å². The van der Waals surface area contributed by atoms with Gasteiger partial charge in [-0.05, 0) is 47.5 Å². The number of hydrogen-bond acceptors (Lipinski definition) is 4. The van der Waals surface area contributed by atoms with E-state index in [1.165, 1.54) is 6.42 Å². The molecule has 1 aromatic rings. The van der Waals surface area contributed by atoms with E-state index in [1.807, 2.05) is 0 Å². The third-order valence-electron chi connectivity index (χ3n) is 4.02. The van der Waals surface area contributed by atoms with Gasteiger partial charge in [0.15, 0.2) is 0 Å². The van der Waals surface area contributed by atoms with Crippen LogP contribution < -0.4 is 10.9 Å². The summed E-state index contributed by atoms with van der Waals surface area (Å²) in [7, 11) is 0. The lowest BCUT2D eigenvalue weighted by atomic mass is 9.78. The van der Waals surface area contributed by atoms with Gasteiger partial charge in [-0.3, -0.25) is 4.79 Å². The molecule has 0 aromatic carbocycles. The van der Waals surface area contributed by atoms with Crippen molar-refractivity contribution in [2.45, 2.75) is 44.6 Å². The summed E-state index contributed by atoms with van der Waals surface area (Å²) in [5.41, 5.74) is -0.324. The zero-order valence-electron chi connectivity index (χ0n) is 11.1. The maximum absolute atomic E-state index is 11.4. The summed E-state index contributed by atoms with van der Waals surface area (Å²) in [5.74, 6) is 0.744. The minimum absolute atomic E-state index is 0.272. The van der Waals surface area contributed by atoms with Crippen molar-refractivity contribution in [1.29, 1.82) is 0 Å². The minimum Gasteiger partial charge on any atom is -0.388 e. The number of aromatic nitrogens is 2. The molecule has 0 amide bonds. The molecule has 6 heteroatoms. The molecule has 0 aliphatic heterocycles. The Bertz CT molecular complexity index is 481. The lowest BCUT2D eigenvalue weighted by Gasteiger charge is -2.36. The molecule has 1 saturated carbocycles. The summed E-state index contributed by atoms with van der Waals surface area (Å²) < 4.78 is 0.424. The van der Waals surface area contributed by atoms with Gasteiger partial charge in [-0.2, -0.15) is 5.10 Å². The molecule has 19 heavy (non-hydrogen) atoms. The van der Waals surface area contributed by atoms with Crippen LogP contribution in [0.3, 0.4) is 0 Å². The van der Waals surface area contributed by atoms with Gasteiger partial charge in [0.2, 0.25) is 0 Å². The molecule has 0 radical (unpaired) electrons. The fourth-order valence-electron chi connectivity index (χ4n) is 2.57. The van der Waals surface area contributed by atoms with E-state index in [-0.39, 0.29) is 5.56 Å². The Labute approximate surface area is 120 Å². The molecular weight excluding hydrogens is 310 g/mol. The fourth-order valence-corrected chi connectivity index (χ4v) is 2.90. The third kappa shape index (κ3) is 3.57. The van der Waals surface area contributed by atoms with Gasteiger partial charge in [-0.25, -0.2) is 5.10 Å². The van der Waals surface area contributed by atoms with Gasteiger partial charge in [-0.1, -0.05) is 13.3 Å². The summed E-state index contributed by atoms with van der Waals surface area (Å²) in [4.78, 5) is 11.4. The van der Waals surface area contributed by atoms with Crippen molar-refractivity contribution in [3.8, 4) is 0 Å². The molecule has 0 spiro atoms. The second kappa shape index (κ2) is 6.05.